The number of hydrogen-bond acceptors (Lipinski definition) is 6. The van der Waals surface area contributed by atoms with Crippen molar-refractivity contribution < 1.29 is 21.9 Å². The van der Waals surface area contributed by atoms with Crippen LogP contribution in [0.2, 0.25) is 0 Å². The first kappa shape index (κ1) is 46.8. The lowest BCUT2D eigenvalue weighted by Crippen LogP contribution is -2.62. The van der Waals surface area contributed by atoms with Crippen molar-refractivity contribution in [3.8, 4) is 0 Å². The minimum Gasteiger partial charge on any atom is -0.355 e. The van der Waals surface area contributed by atoms with Crippen LogP contribution in [-0.2, 0) is 19.4 Å². The van der Waals surface area contributed by atoms with Crippen LogP contribution in [0.25, 0.3) is 0 Å². The molecule has 50 heavy (non-hydrogen) atoms. The molecule has 0 aromatic rings. The van der Waals surface area contributed by atoms with Gasteiger partial charge in [-0.05, 0) is 26.7 Å². The monoisotopic (exact) mass is 728 g/mol. The summed E-state index contributed by atoms with van der Waals surface area (Å²) in [6.45, 7) is 9.32. The molecule has 296 valence electrons. The molecule has 1 aliphatic rings. The molecule has 0 saturated carbocycles. The van der Waals surface area contributed by atoms with Crippen LogP contribution in [0.5, 0.6) is 0 Å². The Morgan fingerprint density at radius 2 is 1.10 bits per heavy atom. The highest BCUT2D eigenvalue weighted by Gasteiger charge is 2.47. The molecule has 1 aliphatic heterocycles. The van der Waals surface area contributed by atoms with E-state index in [4.69, 9.17) is 4.18 Å². The second-order valence-corrected chi connectivity index (χ2v) is 16.5. The van der Waals surface area contributed by atoms with E-state index in [1.54, 1.807) is 20.2 Å². The van der Waals surface area contributed by atoms with Gasteiger partial charge in [-0.25, -0.2) is 4.18 Å². The third-order valence-corrected chi connectivity index (χ3v) is 11.5. The summed E-state index contributed by atoms with van der Waals surface area (Å²) < 4.78 is 39.6. The lowest BCUT2D eigenvalue weighted by Gasteiger charge is -2.44. The van der Waals surface area contributed by atoms with Gasteiger partial charge in [-0.3, -0.25) is 14.3 Å². The lowest BCUT2D eigenvalue weighted by atomic mass is 9.84. The molecular formula is C41H81N3O5S. The second-order valence-electron chi connectivity index (χ2n) is 15.5. The number of hydrogen-bond donors (Lipinski definition) is 2. The van der Waals surface area contributed by atoms with E-state index in [1.165, 1.54) is 141 Å². The van der Waals surface area contributed by atoms with Gasteiger partial charge in [0.05, 0.1) is 25.0 Å². The van der Waals surface area contributed by atoms with Crippen molar-refractivity contribution in [3.63, 3.8) is 0 Å². The van der Waals surface area contributed by atoms with E-state index in [0.29, 0.717) is 25.9 Å². The maximum absolute atomic E-state index is 13.0. The van der Waals surface area contributed by atoms with Crippen LogP contribution in [0.3, 0.4) is 0 Å². The molecule has 0 aromatic carbocycles. The molecule has 9 heteroatoms. The first-order valence-electron chi connectivity index (χ1n) is 21.4. The van der Waals surface area contributed by atoms with Crippen molar-refractivity contribution >= 4 is 22.6 Å². The van der Waals surface area contributed by atoms with Gasteiger partial charge in [0.1, 0.15) is 5.60 Å². The first-order valence-corrected chi connectivity index (χ1v) is 22.7. The number of unbranched alkanes of at least 4 members (excludes halogenated alkanes) is 26. The molecular weight excluding hydrogens is 647 g/mol. The summed E-state index contributed by atoms with van der Waals surface area (Å²) in [6, 6.07) is -0.987. The zero-order valence-electron chi connectivity index (χ0n) is 33.2. The first-order chi connectivity index (χ1) is 24.1. The van der Waals surface area contributed by atoms with Crippen LogP contribution in [-0.4, -0.2) is 60.9 Å². The Balaban J connectivity index is 2.43. The predicted octanol–water partition coefficient (Wildman–Crippen LogP) is 11.5. The van der Waals surface area contributed by atoms with Gasteiger partial charge in [0.2, 0.25) is 5.91 Å². The van der Waals surface area contributed by atoms with Crippen LogP contribution >= 0.6 is 0 Å². The number of carbonyl (C=O) groups excluding carboxylic acids is 1. The number of nitrogens with one attached hydrogen (secondary N) is 1. The molecule has 1 rings (SSSR count). The van der Waals surface area contributed by atoms with Gasteiger partial charge >= 0.3 is 10.4 Å². The van der Waals surface area contributed by atoms with Crippen LogP contribution in [0.1, 0.15) is 220 Å². The SMILES string of the molecule is CCCCCCCCCCCCCCCCCC(N1C=NCC1)C(C)(OS(=O)(=O)O)C(C)NC(=O)CCCCCCCCCCCCCCC. The fourth-order valence-corrected chi connectivity index (χ4v) is 8.23. The van der Waals surface area contributed by atoms with Gasteiger partial charge < -0.3 is 10.2 Å². The van der Waals surface area contributed by atoms with E-state index in [-0.39, 0.29) is 11.9 Å². The molecule has 1 amide bonds. The van der Waals surface area contributed by atoms with Gasteiger partial charge in [0.15, 0.2) is 0 Å². The fraction of sp³-hybridized carbons (Fsp3) is 0.951. The Bertz CT molecular complexity index is 946. The van der Waals surface area contributed by atoms with E-state index < -0.39 is 22.0 Å². The normalized spacial score (nSPS) is 15.7. The average Bonchev–Trinajstić information content (AvgIpc) is 3.60. The standard InChI is InChI=1S/C41H81N3O5S/c1-5-7-9-11-13-15-17-19-20-22-23-25-27-29-31-33-39(44-36-35-42-37-44)41(4,49-50(46,47)48)38(3)43-40(45)34-32-30-28-26-24-21-18-16-14-12-10-8-6-2/h37-39H,5-36H2,1-4H3,(H,43,45)(H,46,47,48). The van der Waals surface area contributed by atoms with Gasteiger partial charge in [-0.15, -0.1) is 0 Å². The predicted molar refractivity (Wildman–Crippen MR) is 212 cm³/mol. The Morgan fingerprint density at radius 3 is 1.46 bits per heavy atom. The highest BCUT2D eigenvalue weighted by Crippen LogP contribution is 2.31. The minimum absolute atomic E-state index is 0.105. The Hall–Kier alpha value is -1.19. The fourth-order valence-electron chi connectivity index (χ4n) is 7.52. The number of aliphatic imine (C=N–C) groups is 1. The van der Waals surface area contributed by atoms with Crippen molar-refractivity contribution in [2.75, 3.05) is 13.1 Å². The quantitative estimate of drug-likeness (QED) is 0.0491. The summed E-state index contributed by atoms with van der Waals surface area (Å²) in [6.07, 6.45) is 38.3. The smallest absolute Gasteiger partial charge is 0.355 e. The van der Waals surface area contributed by atoms with E-state index in [0.717, 1.165) is 38.5 Å². The Morgan fingerprint density at radius 1 is 0.720 bits per heavy atom. The Labute approximate surface area is 310 Å². The number of amides is 1. The number of carbonyl (C=O) groups is 1. The maximum Gasteiger partial charge on any atom is 0.398 e. The second kappa shape index (κ2) is 30.3. The zero-order valence-corrected chi connectivity index (χ0v) is 34.1. The summed E-state index contributed by atoms with van der Waals surface area (Å²) in [5.41, 5.74) is -1.36. The molecule has 1 heterocycles. The van der Waals surface area contributed by atoms with E-state index in [1.807, 2.05) is 4.90 Å². The molecule has 8 nitrogen and oxygen atoms in total. The topological polar surface area (TPSA) is 108 Å². The molecule has 0 fully saturated rings. The van der Waals surface area contributed by atoms with Crippen LogP contribution in [0, 0.1) is 0 Å². The molecule has 0 saturated heterocycles. The van der Waals surface area contributed by atoms with E-state index >= 15 is 0 Å². The number of nitrogens with zero attached hydrogens (tertiary/aromatic N) is 2. The molecule has 0 radical (unpaired) electrons. The molecule has 0 bridgehead atoms. The average molecular weight is 728 g/mol. The molecule has 0 spiro atoms. The zero-order chi connectivity index (χ0) is 36.8. The van der Waals surface area contributed by atoms with Crippen LogP contribution in [0.4, 0.5) is 0 Å². The summed E-state index contributed by atoms with van der Waals surface area (Å²) in [5.74, 6) is -0.105. The summed E-state index contributed by atoms with van der Waals surface area (Å²) in [5, 5.41) is 3.03. The van der Waals surface area contributed by atoms with E-state index in [9.17, 15) is 17.8 Å². The number of rotatable bonds is 36. The third-order valence-electron chi connectivity index (χ3n) is 10.9. The molecule has 0 aromatic heterocycles. The van der Waals surface area contributed by atoms with E-state index in [2.05, 4.69) is 24.2 Å². The molecule has 2 N–H and O–H groups in total. The summed E-state index contributed by atoms with van der Waals surface area (Å²) in [4.78, 5) is 19.4. The largest absolute Gasteiger partial charge is 0.398 e. The van der Waals surface area contributed by atoms with Crippen molar-refractivity contribution in [1.29, 1.82) is 0 Å². The molecule has 0 aliphatic carbocycles. The van der Waals surface area contributed by atoms with Crippen molar-refractivity contribution in [1.82, 2.24) is 10.2 Å². The van der Waals surface area contributed by atoms with Crippen molar-refractivity contribution in [3.05, 3.63) is 0 Å². The van der Waals surface area contributed by atoms with Gasteiger partial charge in [-0.1, -0.05) is 187 Å². The highest BCUT2D eigenvalue weighted by molar-refractivity contribution is 7.80. The van der Waals surface area contributed by atoms with Crippen LogP contribution < -0.4 is 5.32 Å². The van der Waals surface area contributed by atoms with Gasteiger partial charge in [0, 0.05) is 13.0 Å². The summed E-state index contributed by atoms with van der Waals surface area (Å²) in [7, 11) is -4.76. The van der Waals surface area contributed by atoms with Gasteiger partial charge in [0.25, 0.3) is 0 Å². The molecule has 3 unspecified atom stereocenters. The Kier molecular flexibility index (Phi) is 28.4. The van der Waals surface area contributed by atoms with Gasteiger partial charge in [-0.2, -0.15) is 8.42 Å². The van der Waals surface area contributed by atoms with Crippen molar-refractivity contribution in [2.24, 2.45) is 4.99 Å². The maximum atomic E-state index is 13.0. The minimum atomic E-state index is -4.76. The lowest BCUT2D eigenvalue weighted by molar-refractivity contribution is -0.124. The molecule has 3 atom stereocenters. The van der Waals surface area contributed by atoms with Crippen molar-refractivity contribution in [2.45, 2.75) is 238 Å². The van der Waals surface area contributed by atoms with Crippen LogP contribution in [0.15, 0.2) is 4.99 Å². The third kappa shape index (κ3) is 24.1. The highest BCUT2D eigenvalue weighted by atomic mass is 32.3. The summed E-state index contributed by atoms with van der Waals surface area (Å²) >= 11 is 0.